The zero-order chi connectivity index (χ0) is 14.9. The van der Waals surface area contributed by atoms with E-state index in [1.54, 1.807) is 0 Å². The standard InChI is InChI=1S/C13H9.C5H5.C2H6Si.2FH.Zr/c1-3-7-12-10(5-1)9-11-6-2-4-8-13(11)12;1-2-4-5-3-1;1-3-2;;;/h1-9H;1-3H,4H2;1-2H3;2*1H;/q2*-1;;;;+4/p-2. The Labute approximate surface area is 164 Å². The van der Waals surface area contributed by atoms with Gasteiger partial charge in [-0.3, -0.25) is 6.08 Å². The van der Waals surface area contributed by atoms with Gasteiger partial charge in [0.2, 0.25) is 0 Å². The maximum absolute atomic E-state index is 2.99. The third-order valence-electron chi connectivity index (χ3n) is 3.11. The van der Waals surface area contributed by atoms with Gasteiger partial charge in [0.1, 0.15) is 0 Å². The number of rotatable bonds is 0. The van der Waals surface area contributed by atoms with Gasteiger partial charge in [0.05, 0.1) is 0 Å². The van der Waals surface area contributed by atoms with Crippen molar-refractivity contribution in [1.29, 1.82) is 0 Å². The summed E-state index contributed by atoms with van der Waals surface area (Å²) < 4.78 is 0. The molecule has 0 nitrogen and oxygen atoms in total. The molecule has 1 aliphatic carbocycles. The smallest absolute Gasteiger partial charge is 1.00 e. The summed E-state index contributed by atoms with van der Waals surface area (Å²) >= 11 is 0. The summed E-state index contributed by atoms with van der Waals surface area (Å²) in [6.45, 7) is 4.31. The van der Waals surface area contributed by atoms with Crippen LogP contribution in [0.2, 0.25) is 13.1 Å². The fourth-order valence-corrected chi connectivity index (χ4v) is 2.24. The van der Waals surface area contributed by atoms with E-state index in [2.05, 4.69) is 79.8 Å². The van der Waals surface area contributed by atoms with E-state index < -0.39 is 0 Å². The first-order chi connectivity index (χ1) is 10.4. The molecule has 3 aromatic rings. The molecule has 4 rings (SSSR count). The second-order valence-electron chi connectivity index (χ2n) is 4.82. The van der Waals surface area contributed by atoms with Gasteiger partial charge in [0, 0.05) is 9.52 Å². The second kappa shape index (κ2) is 14.1. The van der Waals surface area contributed by atoms with Crippen molar-refractivity contribution in [3.63, 3.8) is 0 Å². The van der Waals surface area contributed by atoms with E-state index in [1.165, 1.54) is 21.5 Å². The molecule has 3 aromatic carbocycles. The van der Waals surface area contributed by atoms with E-state index in [-0.39, 0.29) is 35.6 Å². The second-order valence-corrected chi connectivity index (χ2v) is 5.82. The number of allylic oxidation sites excluding steroid dienone is 4. The molecule has 1 aliphatic rings. The number of benzene rings is 2. The van der Waals surface area contributed by atoms with Crippen LogP contribution in [-0.2, 0) is 26.2 Å². The van der Waals surface area contributed by atoms with Crippen LogP contribution in [0.4, 0.5) is 0 Å². The third kappa shape index (κ3) is 7.11. The monoisotopic (exact) mass is 416 g/mol. The summed E-state index contributed by atoms with van der Waals surface area (Å²) in [5.74, 6) is 0. The topological polar surface area (TPSA) is 0 Å². The van der Waals surface area contributed by atoms with Gasteiger partial charge >= 0.3 is 26.2 Å². The van der Waals surface area contributed by atoms with Gasteiger partial charge in [-0.05, 0) is 0 Å². The van der Waals surface area contributed by atoms with Crippen molar-refractivity contribution in [1.82, 2.24) is 0 Å². The first-order valence-electron chi connectivity index (χ1n) is 7.20. The molecule has 0 N–H and O–H groups in total. The predicted molar refractivity (Wildman–Crippen MR) is 96.1 cm³/mol. The molecule has 0 saturated heterocycles. The van der Waals surface area contributed by atoms with Crippen molar-refractivity contribution in [2.75, 3.05) is 0 Å². The van der Waals surface area contributed by atoms with Gasteiger partial charge in [0.15, 0.2) is 0 Å². The molecule has 122 valence electrons. The zero-order valence-corrected chi connectivity index (χ0v) is 17.3. The number of hydrogen-bond acceptors (Lipinski definition) is 0. The molecule has 0 bridgehead atoms. The first-order valence-corrected chi connectivity index (χ1v) is 9.20. The Hall–Kier alpha value is -1.25. The summed E-state index contributed by atoms with van der Waals surface area (Å²) in [5, 5.41) is 5.39. The van der Waals surface area contributed by atoms with Crippen molar-refractivity contribution in [2.45, 2.75) is 19.5 Å². The summed E-state index contributed by atoms with van der Waals surface area (Å²) in [6, 6.07) is 19.3. The van der Waals surface area contributed by atoms with Gasteiger partial charge in [-0.2, -0.15) is 6.08 Å². The van der Waals surface area contributed by atoms with Crippen molar-refractivity contribution >= 4 is 31.1 Å². The number of hydrogen-bond donors (Lipinski definition) is 0. The largest absolute Gasteiger partial charge is 4.00 e. The SMILES string of the molecule is C[Si]C.[C-]1=CC=CC1.[F-].[F-].[Zr+4].c1ccc2c(c1)[cH-]c1ccccc12. The predicted octanol–water partition coefficient (Wildman–Crippen LogP) is -0.190. The number of halogens is 2. The Morgan fingerprint density at radius 1 is 0.875 bits per heavy atom. The van der Waals surface area contributed by atoms with Gasteiger partial charge in [-0.1, -0.05) is 49.5 Å². The zero-order valence-electron chi connectivity index (χ0n) is 13.9. The van der Waals surface area contributed by atoms with Crippen LogP contribution in [0, 0.1) is 6.08 Å². The van der Waals surface area contributed by atoms with E-state index in [0.717, 1.165) is 15.9 Å². The Bertz CT molecular complexity index is 687. The average Bonchev–Trinajstić information content (AvgIpc) is 3.19. The van der Waals surface area contributed by atoms with E-state index in [4.69, 9.17) is 0 Å². The minimum atomic E-state index is 0. The quantitative estimate of drug-likeness (QED) is 0.351. The van der Waals surface area contributed by atoms with E-state index >= 15 is 0 Å². The minimum absolute atomic E-state index is 0. The van der Waals surface area contributed by atoms with E-state index in [1.807, 2.05) is 12.2 Å². The molecule has 0 saturated carbocycles. The van der Waals surface area contributed by atoms with Gasteiger partial charge in [0.25, 0.3) is 0 Å². The Balaban J connectivity index is 0. The summed E-state index contributed by atoms with van der Waals surface area (Å²) in [6.07, 6.45) is 10.0. The van der Waals surface area contributed by atoms with Crippen molar-refractivity contribution in [3.05, 3.63) is 78.9 Å². The molecule has 0 fully saturated rings. The van der Waals surface area contributed by atoms with E-state index in [9.17, 15) is 0 Å². The Morgan fingerprint density at radius 2 is 1.33 bits per heavy atom. The van der Waals surface area contributed by atoms with Crippen LogP contribution in [-0.4, -0.2) is 9.52 Å². The molecule has 0 unspecified atom stereocenters. The van der Waals surface area contributed by atoms with Crippen LogP contribution < -0.4 is 9.41 Å². The molecule has 24 heavy (non-hydrogen) atoms. The minimum Gasteiger partial charge on any atom is -1.00 e. The Kier molecular flexibility index (Phi) is 14.7. The average molecular weight is 418 g/mol. The molecule has 0 amide bonds. The van der Waals surface area contributed by atoms with Crippen LogP contribution in [0.1, 0.15) is 6.42 Å². The molecule has 4 heteroatoms. The van der Waals surface area contributed by atoms with Crippen LogP contribution >= 0.6 is 0 Å². The maximum Gasteiger partial charge on any atom is 4.00 e. The normalized spacial score (nSPS) is 10.4. The maximum atomic E-state index is 2.99. The van der Waals surface area contributed by atoms with Gasteiger partial charge in [-0.15, -0.1) is 46.2 Å². The van der Waals surface area contributed by atoms with Crippen LogP contribution in [0.5, 0.6) is 0 Å². The van der Waals surface area contributed by atoms with Crippen LogP contribution in [0.3, 0.4) is 0 Å². The summed E-state index contributed by atoms with van der Waals surface area (Å²) in [4.78, 5) is 0. The fourth-order valence-electron chi connectivity index (χ4n) is 2.24. The molecule has 0 atom stereocenters. The Morgan fingerprint density at radius 3 is 1.67 bits per heavy atom. The number of fused-ring (bicyclic) bond motifs is 3. The third-order valence-corrected chi connectivity index (χ3v) is 3.11. The van der Waals surface area contributed by atoms with Gasteiger partial charge in [-0.25, -0.2) is 12.2 Å². The first kappa shape index (κ1) is 25.0. The molecule has 0 aliphatic heterocycles. The molecule has 0 heterocycles. The van der Waals surface area contributed by atoms with Crippen molar-refractivity contribution < 1.29 is 35.6 Å². The summed E-state index contributed by atoms with van der Waals surface area (Å²) in [5.41, 5.74) is 0. The van der Waals surface area contributed by atoms with Gasteiger partial charge < -0.3 is 9.41 Å². The molecule has 0 aromatic heterocycles. The van der Waals surface area contributed by atoms with Crippen LogP contribution in [0.25, 0.3) is 21.5 Å². The molecular formula is C20H20F2SiZr. The van der Waals surface area contributed by atoms with Crippen LogP contribution in [0.15, 0.2) is 72.8 Å². The summed E-state index contributed by atoms with van der Waals surface area (Å²) in [7, 11) is 1.08. The van der Waals surface area contributed by atoms with Crippen molar-refractivity contribution in [3.8, 4) is 0 Å². The molecule has 0 spiro atoms. The van der Waals surface area contributed by atoms with E-state index in [0.29, 0.717) is 0 Å². The fraction of sp³-hybridized carbons (Fsp3) is 0.150. The molecule has 2 radical (unpaired) electrons. The van der Waals surface area contributed by atoms with Crippen molar-refractivity contribution in [2.24, 2.45) is 0 Å². The molecular weight excluding hydrogens is 398 g/mol.